The van der Waals surface area contributed by atoms with E-state index in [4.69, 9.17) is 22.1 Å². The Kier molecular flexibility index (Phi) is 6.87. The number of halogens is 6. The molecule has 5 rings (SSSR count). The van der Waals surface area contributed by atoms with Gasteiger partial charge in [-0.05, 0) is 49.4 Å². The van der Waals surface area contributed by atoms with Crippen LogP contribution in [0.5, 0.6) is 5.75 Å². The van der Waals surface area contributed by atoms with Crippen LogP contribution < -0.4 is 15.8 Å². The highest BCUT2D eigenvalue weighted by Gasteiger charge is 2.57. The first-order chi connectivity index (χ1) is 18.8. The monoisotopic (exact) mass is 598 g/mol. The molecule has 0 saturated carbocycles. The summed E-state index contributed by atoms with van der Waals surface area (Å²) < 4.78 is 77.2. The molecule has 7 nitrogen and oxygen atoms in total. The number of anilines is 1. The molecule has 0 spiro atoms. The minimum Gasteiger partial charge on any atom is -0.490 e. The van der Waals surface area contributed by atoms with Gasteiger partial charge in [0.05, 0.1) is 27.4 Å². The molecule has 2 aromatic carbocycles. The van der Waals surface area contributed by atoms with Gasteiger partial charge in [0.25, 0.3) is 5.91 Å². The summed E-state index contributed by atoms with van der Waals surface area (Å²) >= 11 is 7.19. The minimum atomic E-state index is -5.33. The van der Waals surface area contributed by atoms with Crippen LogP contribution in [0.25, 0.3) is 21.5 Å². The van der Waals surface area contributed by atoms with Crippen molar-refractivity contribution in [3.05, 3.63) is 70.1 Å². The van der Waals surface area contributed by atoms with Crippen LogP contribution in [0.15, 0.2) is 42.5 Å². The van der Waals surface area contributed by atoms with Gasteiger partial charge in [0.2, 0.25) is 5.60 Å². The maximum absolute atomic E-state index is 14.5. The summed E-state index contributed by atoms with van der Waals surface area (Å²) in [5.74, 6) is -1.54. The predicted molar refractivity (Wildman–Crippen MR) is 140 cm³/mol. The molecule has 1 amide bonds. The second-order valence-corrected chi connectivity index (χ2v) is 11.1. The zero-order valence-corrected chi connectivity index (χ0v) is 22.1. The Morgan fingerprint density at radius 3 is 2.58 bits per heavy atom. The van der Waals surface area contributed by atoms with Gasteiger partial charge in [-0.25, -0.2) is 18.7 Å². The molecule has 0 radical (unpaired) electrons. The predicted octanol–water partition coefficient (Wildman–Crippen LogP) is 5.53. The third kappa shape index (κ3) is 4.71. The number of hydrogen-bond acceptors (Lipinski definition) is 7. The van der Waals surface area contributed by atoms with E-state index in [2.05, 4.69) is 15.3 Å². The van der Waals surface area contributed by atoms with Crippen molar-refractivity contribution < 1.29 is 36.6 Å². The van der Waals surface area contributed by atoms with E-state index in [1.54, 1.807) is 0 Å². The number of nitrogens with one attached hydrogen (secondary N) is 1. The van der Waals surface area contributed by atoms with Gasteiger partial charge in [-0.1, -0.05) is 22.9 Å². The molecule has 14 heteroatoms. The number of rotatable bonds is 6. The number of aromatic nitrogens is 2. The lowest BCUT2D eigenvalue weighted by Gasteiger charge is -2.31. The molecule has 0 fully saturated rings. The number of nitrogens with two attached hydrogens (primary N) is 1. The summed E-state index contributed by atoms with van der Waals surface area (Å²) in [5.41, 5.74) is 0.0888. The van der Waals surface area contributed by atoms with Gasteiger partial charge in [0, 0.05) is 16.7 Å². The van der Waals surface area contributed by atoms with Crippen LogP contribution in [-0.2, 0) is 11.0 Å². The molecule has 40 heavy (non-hydrogen) atoms. The molecule has 3 heterocycles. The van der Waals surface area contributed by atoms with E-state index in [1.165, 1.54) is 31.2 Å². The number of amides is 1. The Hall–Kier alpha value is -3.55. The zero-order chi connectivity index (χ0) is 29.0. The second kappa shape index (κ2) is 9.82. The van der Waals surface area contributed by atoms with Crippen LogP contribution in [0.3, 0.4) is 0 Å². The highest BCUT2D eigenvalue weighted by atomic mass is 35.5. The molecule has 0 bridgehead atoms. The van der Waals surface area contributed by atoms with Gasteiger partial charge in [0.1, 0.15) is 36.1 Å². The molecule has 1 aliphatic heterocycles. The largest absolute Gasteiger partial charge is 0.490 e. The number of fused-ring (bicyclic) bond motifs is 2. The normalized spacial score (nSPS) is 18.3. The summed E-state index contributed by atoms with van der Waals surface area (Å²) in [6, 6.07) is 8.21. The Morgan fingerprint density at radius 1 is 1.23 bits per heavy atom. The van der Waals surface area contributed by atoms with Crippen LogP contribution in [0.1, 0.15) is 28.5 Å². The highest BCUT2D eigenvalue weighted by molar-refractivity contribution is 7.22. The molecule has 4 N–H and O–H groups in total. The van der Waals surface area contributed by atoms with Crippen molar-refractivity contribution in [2.75, 3.05) is 25.6 Å². The van der Waals surface area contributed by atoms with Crippen LogP contribution >= 0.6 is 22.9 Å². The first-order valence-electron chi connectivity index (χ1n) is 11.7. The Morgan fingerprint density at radius 2 is 1.93 bits per heavy atom. The van der Waals surface area contributed by atoms with E-state index >= 15 is 0 Å². The fourth-order valence-electron chi connectivity index (χ4n) is 4.35. The van der Waals surface area contributed by atoms with Crippen molar-refractivity contribution in [3.63, 3.8) is 0 Å². The Balaban J connectivity index is 1.57. The molecule has 2 atom stereocenters. The third-order valence-electron chi connectivity index (χ3n) is 6.70. The SMILES string of the molecule is C[C@@]1(CF)COc2c1cc([C@@](O)(CNC(=O)c1cc(Cl)c3nc(N)sc3c1)C(F)(F)F)nc2-c1ccc(F)cc1. The first-order valence-corrected chi connectivity index (χ1v) is 12.9. The van der Waals surface area contributed by atoms with Crippen molar-refractivity contribution >= 4 is 44.2 Å². The number of alkyl halides is 4. The summed E-state index contributed by atoms with van der Waals surface area (Å²) in [7, 11) is 0. The maximum atomic E-state index is 14.5. The summed E-state index contributed by atoms with van der Waals surface area (Å²) in [6.45, 7) is -1.04. The number of nitrogens with zero attached hydrogens (tertiary/aromatic N) is 2. The van der Waals surface area contributed by atoms with Gasteiger partial charge in [-0.15, -0.1) is 0 Å². The number of ether oxygens (including phenoxy) is 1. The fraction of sp³-hybridized carbons (Fsp3) is 0.269. The van der Waals surface area contributed by atoms with Gasteiger partial charge in [-0.2, -0.15) is 13.2 Å². The van der Waals surface area contributed by atoms with Crippen LogP contribution in [0, 0.1) is 5.82 Å². The summed E-state index contributed by atoms with van der Waals surface area (Å²) in [4.78, 5) is 21.0. The molecule has 0 aliphatic carbocycles. The molecule has 0 saturated heterocycles. The van der Waals surface area contributed by atoms with E-state index in [1.807, 2.05) is 0 Å². The average Bonchev–Trinajstić information content (AvgIpc) is 3.46. The van der Waals surface area contributed by atoms with Crippen molar-refractivity contribution in [1.82, 2.24) is 15.3 Å². The van der Waals surface area contributed by atoms with Crippen LogP contribution in [0.2, 0.25) is 5.02 Å². The quantitative estimate of drug-likeness (QED) is 0.252. The number of benzene rings is 2. The van der Waals surface area contributed by atoms with E-state index in [9.17, 15) is 31.9 Å². The molecule has 1 aliphatic rings. The number of carbonyl (C=O) groups excluding carboxylic acids is 1. The van der Waals surface area contributed by atoms with Crippen molar-refractivity contribution in [3.8, 4) is 17.0 Å². The van der Waals surface area contributed by atoms with Gasteiger partial charge in [0.15, 0.2) is 5.13 Å². The lowest BCUT2D eigenvalue weighted by molar-refractivity contribution is -0.265. The molecular weight excluding hydrogens is 579 g/mol. The lowest BCUT2D eigenvalue weighted by Crippen LogP contribution is -2.51. The molecule has 0 unspecified atom stereocenters. The standard InChI is InChI=1S/C26H20ClF5N4O3S/c1-24(9-28)11-39-21-15(24)8-18(35-19(21)12-2-4-14(29)5-3-12)25(38,26(30,31)32)10-34-22(37)13-6-16(27)20-17(7-13)40-23(33)36-20/h2-8,38H,9-11H2,1H3,(H2,33,36)(H,34,37)/t24-,25+/m1/s1. The van der Waals surface area contributed by atoms with Crippen LogP contribution in [-0.4, -0.2) is 47.0 Å². The number of hydrogen-bond donors (Lipinski definition) is 3. The number of aliphatic hydroxyl groups is 1. The van der Waals surface area contributed by atoms with Crippen molar-refractivity contribution in [2.24, 2.45) is 0 Å². The van der Waals surface area contributed by atoms with E-state index in [0.717, 1.165) is 29.5 Å². The molecular formula is C26H20ClF5N4O3S. The lowest BCUT2D eigenvalue weighted by atomic mass is 9.83. The van der Waals surface area contributed by atoms with E-state index < -0.39 is 47.8 Å². The molecule has 210 valence electrons. The Labute approximate surface area is 232 Å². The topological polar surface area (TPSA) is 110 Å². The molecule has 4 aromatic rings. The number of pyridine rings is 1. The number of carbonyl (C=O) groups is 1. The van der Waals surface area contributed by atoms with Gasteiger partial charge in [-0.3, -0.25) is 4.79 Å². The highest BCUT2D eigenvalue weighted by Crippen LogP contribution is 2.48. The number of nitrogen functional groups attached to an aromatic ring is 1. The smallest absolute Gasteiger partial charge is 0.424 e. The van der Waals surface area contributed by atoms with Gasteiger partial charge >= 0.3 is 6.18 Å². The first kappa shape index (κ1) is 28.0. The Bertz CT molecular complexity index is 1630. The van der Waals surface area contributed by atoms with Crippen LogP contribution in [0.4, 0.5) is 27.1 Å². The summed E-state index contributed by atoms with van der Waals surface area (Å²) in [6.07, 6.45) is -5.33. The zero-order valence-electron chi connectivity index (χ0n) is 20.6. The average molecular weight is 599 g/mol. The van der Waals surface area contributed by atoms with E-state index in [0.29, 0.717) is 10.2 Å². The maximum Gasteiger partial charge on any atom is 0.424 e. The van der Waals surface area contributed by atoms with Crippen molar-refractivity contribution in [2.45, 2.75) is 24.1 Å². The molecule has 2 aromatic heterocycles. The van der Waals surface area contributed by atoms with Crippen molar-refractivity contribution in [1.29, 1.82) is 0 Å². The second-order valence-electron chi connectivity index (χ2n) is 9.62. The minimum absolute atomic E-state index is 0.0239. The van der Waals surface area contributed by atoms with Gasteiger partial charge < -0.3 is 20.9 Å². The third-order valence-corrected chi connectivity index (χ3v) is 7.82. The number of thiazole rings is 1. The summed E-state index contributed by atoms with van der Waals surface area (Å²) in [5, 5.41) is 13.4. The van der Waals surface area contributed by atoms with E-state index in [-0.39, 0.29) is 44.9 Å². The fourth-order valence-corrected chi connectivity index (χ4v) is 5.46.